The normalized spacial score (nSPS) is 16.9. The number of hydrogen-bond donors (Lipinski definition) is 1. The van der Waals surface area contributed by atoms with Crippen LogP contribution in [0.3, 0.4) is 0 Å². The molecule has 3 aromatic rings. The van der Waals surface area contributed by atoms with Crippen molar-refractivity contribution in [3.8, 4) is 0 Å². The summed E-state index contributed by atoms with van der Waals surface area (Å²) in [5.74, 6) is 0. The maximum absolute atomic E-state index is 3.64. The van der Waals surface area contributed by atoms with E-state index in [1.807, 2.05) is 0 Å². The Balaban J connectivity index is 2.01. The lowest BCUT2D eigenvalue weighted by atomic mass is 9.92. The second kappa shape index (κ2) is 4.38. The van der Waals surface area contributed by atoms with Crippen LogP contribution in [0.5, 0.6) is 0 Å². The fraction of sp³-hybridized carbons (Fsp3) is 0.158. The summed E-state index contributed by atoms with van der Waals surface area (Å²) in [4.78, 5) is 0. The molecule has 1 heteroatoms. The minimum atomic E-state index is 0.346. The van der Waals surface area contributed by atoms with Gasteiger partial charge in [-0.3, -0.25) is 0 Å². The topological polar surface area (TPSA) is 12.0 Å². The van der Waals surface area contributed by atoms with Gasteiger partial charge < -0.3 is 5.32 Å². The molecule has 0 saturated carbocycles. The molecule has 1 heterocycles. The molecule has 1 nitrogen and oxygen atoms in total. The molecule has 20 heavy (non-hydrogen) atoms. The van der Waals surface area contributed by atoms with Gasteiger partial charge in [-0.15, -0.1) is 0 Å². The number of hydrogen-bond acceptors (Lipinski definition) is 1. The van der Waals surface area contributed by atoms with E-state index in [-0.39, 0.29) is 0 Å². The monoisotopic (exact) mass is 259 g/mol. The summed E-state index contributed by atoms with van der Waals surface area (Å²) < 4.78 is 0. The van der Waals surface area contributed by atoms with Crippen LogP contribution in [0.25, 0.3) is 10.8 Å². The zero-order chi connectivity index (χ0) is 13.5. The van der Waals surface area contributed by atoms with Crippen molar-refractivity contribution in [2.24, 2.45) is 0 Å². The van der Waals surface area contributed by atoms with Gasteiger partial charge in [0.15, 0.2) is 0 Å². The molecule has 0 radical (unpaired) electrons. The van der Waals surface area contributed by atoms with E-state index in [1.54, 1.807) is 0 Å². The molecule has 1 N–H and O–H groups in total. The van der Waals surface area contributed by atoms with Crippen LogP contribution in [0.4, 0.5) is 5.69 Å². The van der Waals surface area contributed by atoms with Crippen LogP contribution in [0.15, 0.2) is 60.7 Å². The molecule has 0 spiro atoms. The Hall–Kier alpha value is -2.28. The van der Waals surface area contributed by atoms with Crippen molar-refractivity contribution in [1.82, 2.24) is 0 Å². The number of nitrogens with one attached hydrogen (secondary N) is 1. The number of anilines is 1. The third-order valence-corrected chi connectivity index (χ3v) is 4.30. The van der Waals surface area contributed by atoms with Crippen molar-refractivity contribution in [2.45, 2.75) is 19.4 Å². The van der Waals surface area contributed by atoms with Crippen LogP contribution in [0.1, 0.15) is 29.7 Å². The van der Waals surface area contributed by atoms with E-state index in [1.165, 1.54) is 33.2 Å². The summed E-state index contributed by atoms with van der Waals surface area (Å²) in [5, 5.41) is 6.36. The van der Waals surface area contributed by atoms with Crippen LogP contribution in [0.2, 0.25) is 0 Å². The van der Waals surface area contributed by atoms with Crippen molar-refractivity contribution < 1.29 is 0 Å². The van der Waals surface area contributed by atoms with E-state index < -0.39 is 0 Å². The summed E-state index contributed by atoms with van der Waals surface area (Å²) in [5.41, 5.74) is 5.53. The highest BCUT2D eigenvalue weighted by atomic mass is 14.9. The first-order chi connectivity index (χ1) is 9.83. The quantitative estimate of drug-likeness (QED) is 0.604. The van der Waals surface area contributed by atoms with E-state index in [0.717, 1.165) is 6.42 Å². The number of fused-ring (bicyclic) bond motifs is 4. The maximum atomic E-state index is 3.64. The van der Waals surface area contributed by atoms with Crippen molar-refractivity contribution in [3.63, 3.8) is 0 Å². The highest BCUT2D eigenvalue weighted by Gasteiger charge is 2.19. The Labute approximate surface area is 119 Å². The van der Waals surface area contributed by atoms with Gasteiger partial charge in [0.05, 0.1) is 0 Å². The first-order valence-corrected chi connectivity index (χ1v) is 7.18. The minimum Gasteiger partial charge on any atom is -0.378 e. The van der Waals surface area contributed by atoms with Crippen LogP contribution in [-0.2, 0) is 6.42 Å². The van der Waals surface area contributed by atoms with Crippen LogP contribution < -0.4 is 5.32 Å². The van der Waals surface area contributed by atoms with Crippen molar-refractivity contribution >= 4 is 16.5 Å². The van der Waals surface area contributed by atoms with E-state index >= 15 is 0 Å². The minimum absolute atomic E-state index is 0.346. The fourth-order valence-corrected chi connectivity index (χ4v) is 3.27. The van der Waals surface area contributed by atoms with Crippen molar-refractivity contribution in [1.29, 1.82) is 0 Å². The highest BCUT2D eigenvalue weighted by Crippen LogP contribution is 2.35. The van der Waals surface area contributed by atoms with E-state index in [9.17, 15) is 0 Å². The Morgan fingerprint density at radius 3 is 2.65 bits per heavy atom. The molecule has 98 valence electrons. The van der Waals surface area contributed by atoms with Gasteiger partial charge >= 0.3 is 0 Å². The SMILES string of the molecule is C[C@@H]1Nc2ccccc2Cc2c1ccc1ccccc21. The summed E-state index contributed by atoms with van der Waals surface area (Å²) in [6, 6.07) is 22.2. The largest absolute Gasteiger partial charge is 0.378 e. The molecule has 4 rings (SSSR count). The molecular weight excluding hydrogens is 242 g/mol. The maximum Gasteiger partial charge on any atom is 0.0488 e. The van der Waals surface area contributed by atoms with Crippen molar-refractivity contribution in [2.75, 3.05) is 5.32 Å². The molecule has 1 atom stereocenters. The summed E-state index contributed by atoms with van der Waals surface area (Å²) >= 11 is 0. The zero-order valence-electron chi connectivity index (χ0n) is 11.6. The number of para-hydroxylation sites is 1. The van der Waals surface area contributed by atoms with E-state index in [0.29, 0.717) is 6.04 Å². The van der Waals surface area contributed by atoms with Crippen LogP contribution >= 0.6 is 0 Å². The Morgan fingerprint density at radius 1 is 0.900 bits per heavy atom. The van der Waals surface area contributed by atoms with E-state index in [2.05, 4.69) is 72.9 Å². The predicted octanol–water partition coefficient (Wildman–Crippen LogP) is 4.92. The summed E-state index contributed by atoms with van der Waals surface area (Å²) in [6.07, 6.45) is 1.00. The van der Waals surface area contributed by atoms with Crippen LogP contribution in [-0.4, -0.2) is 0 Å². The van der Waals surface area contributed by atoms with Gasteiger partial charge in [-0.25, -0.2) is 0 Å². The lowest BCUT2D eigenvalue weighted by molar-refractivity contribution is 0.884. The van der Waals surface area contributed by atoms with Gasteiger partial charge in [-0.05, 0) is 40.5 Å². The lowest BCUT2D eigenvalue weighted by Crippen LogP contribution is -2.06. The fourth-order valence-electron chi connectivity index (χ4n) is 3.27. The molecule has 0 aliphatic carbocycles. The Morgan fingerprint density at radius 2 is 1.70 bits per heavy atom. The second-order valence-corrected chi connectivity index (χ2v) is 5.55. The molecule has 3 aromatic carbocycles. The van der Waals surface area contributed by atoms with Gasteiger partial charge in [-0.2, -0.15) is 0 Å². The van der Waals surface area contributed by atoms with Crippen molar-refractivity contribution in [3.05, 3.63) is 77.4 Å². The average molecular weight is 259 g/mol. The summed E-state index contributed by atoms with van der Waals surface area (Å²) in [6.45, 7) is 2.25. The third-order valence-electron chi connectivity index (χ3n) is 4.30. The van der Waals surface area contributed by atoms with Gasteiger partial charge in [0.25, 0.3) is 0 Å². The van der Waals surface area contributed by atoms with Crippen LogP contribution in [0, 0.1) is 0 Å². The average Bonchev–Trinajstić information content (AvgIpc) is 2.63. The molecular formula is C19H17N. The zero-order valence-corrected chi connectivity index (χ0v) is 11.6. The molecule has 0 saturated heterocycles. The molecule has 0 amide bonds. The highest BCUT2D eigenvalue weighted by molar-refractivity contribution is 5.88. The van der Waals surface area contributed by atoms with Gasteiger partial charge in [-0.1, -0.05) is 54.6 Å². The first-order valence-electron chi connectivity index (χ1n) is 7.18. The number of rotatable bonds is 0. The molecule has 0 fully saturated rings. The molecule has 1 aliphatic rings. The lowest BCUT2D eigenvalue weighted by Gasteiger charge is -2.16. The van der Waals surface area contributed by atoms with E-state index in [4.69, 9.17) is 0 Å². The van der Waals surface area contributed by atoms with Gasteiger partial charge in [0.1, 0.15) is 0 Å². The smallest absolute Gasteiger partial charge is 0.0488 e. The Bertz CT molecular complexity index is 789. The summed E-state index contributed by atoms with van der Waals surface area (Å²) in [7, 11) is 0. The number of benzene rings is 3. The first kappa shape index (κ1) is 11.5. The van der Waals surface area contributed by atoms with Gasteiger partial charge in [0.2, 0.25) is 0 Å². The Kier molecular flexibility index (Phi) is 2.53. The third kappa shape index (κ3) is 1.70. The molecule has 0 unspecified atom stereocenters. The predicted molar refractivity (Wildman–Crippen MR) is 85.2 cm³/mol. The van der Waals surface area contributed by atoms with Gasteiger partial charge in [0, 0.05) is 18.2 Å². The second-order valence-electron chi connectivity index (χ2n) is 5.55. The molecule has 1 aliphatic heterocycles. The molecule has 0 aromatic heterocycles. The molecule has 0 bridgehead atoms. The standard InChI is InChI=1S/C19H17N/c1-13-16-11-10-14-6-2-4-8-17(14)18(16)12-15-7-3-5-9-19(15)20-13/h2-11,13,20H,12H2,1H3/t13-/m0/s1.